The summed E-state index contributed by atoms with van der Waals surface area (Å²) in [6, 6.07) is 4.60. The monoisotopic (exact) mass is 398 g/mol. The summed E-state index contributed by atoms with van der Waals surface area (Å²) in [4.78, 5) is 37.6. The van der Waals surface area contributed by atoms with Crippen LogP contribution in [0.3, 0.4) is 0 Å². The van der Waals surface area contributed by atoms with Crippen LogP contribution in [0.4, 0.5) is 4.79 Å². The number of hydrogen-bond donors (Lipinski definition) is 1. The number of hydrogen-bond acceptors (Lipinski definition) is 4. The van der Waals surface area contributed by atoms with E-state index in [0.717, 1.165) is 12.8 Å². The van der Waals surface area contributed by atoms with Gasteiger partial charge in [-0.25, -0.2) is 4.79 Å². The van der Waals surface area contributed by atoms with Gasteiger partial charge in [0.15, 0.2) is 0 Å². The minimum Gasteiger partial charge on any atom is -0.461 e. The molecule has 0 unspecified atom stereocenters. The molecule has 0 radical (unpaired) electrons. The lowest BCUT2D eigenvalue weighted by molar-refractivity contribution is -0.145. The summed E-state index contributed by atoms with van der Waals surface area (Å²) in [6.07, 6.45) is 3.76. The molecule has 1 aromatic carbocycles. The van der Waals surface area contributed by atoms with Crippen LogP contribution in [0.1, 0.15) is 44.1 Å². The Morgan fingerprint density at radius 2 is 1.96 bits per heavy atom. The van der Waals surface area contributed by atoms with Crippen molar-refractivity contribution in [1.29, 1.82) is 0 Å². The predicted molar refractivity (Wildman–Crippen MR) is 96.9 cm³/mol. The average molecular weight is 399 g/mol. The molecule has 0 atom stereocenters. The number of carbonyl (C=O) groups is 3. The molecule has 1 saturated heterocycles. The molecule has 26 heavy (non-hydrogen) atoms. The normalized spacial score (nSPS) is 18.5. The second kappa shape index (κ2) is 7.84. The zero-order valence-electron chi connectivity index (χ0n) is 14.2. The molecular weight excluding hydrogens is 379 g/mol. The number of urea groups is 1. The second-order valence-electron chi connectivity index (χ2n) is 6.68. The molecule has 1 N–H and O–H groups in total. The van der Waals surface area contributed by atoms with Crippen LogP contribution < -0.4 is 5.32 Å². The highest BCUT2D eigenvalue weighted by atomic mass is 35.5. The van der Waals surface area contributed by atoms with Crippen molar-refractivity contribution in [2.45, 2.75) is 50.7 Å². The third-order valence-electron chi connectivity index (χ3n) is 4.87. The van der Waals surface area contributed by atoms with Crippen molar-refractivity contribution in [3.05, 3.63) is 33.8 Å². The number of rotatable bonds is 6. The first-order valence-corrected chi connectivity index (χ1v) is 9.40. The van der Waals surface area contributed by atoms with Crippen molar-refractivity contribution < 1.29 is 19.1 Å². The third-order valence-corrected chi connectivity index (χ3v) is 5.46. The highest BCUT2D eigenvalue weighted by Gasteiger charge is 2.52. The number of ether oxygens (including phenoxy) is 1. The van der Waals surface area contributed by atoms with Crippen molar-refractivity contribution >= 4 is 41.1 Å². The minimum absolute atomic E-state index is 0.0566. The predicted octanol–water partition coefficient (Wildman–Crippen LogP) is 3.68. The van der Waals surface area contributed by atoms with Crippen molar-refractivity contribution in [1.82, 2.24) is 10.2 Å². The van der Waals surface area contributed by atoms with Gasteiger partial charge in [0.05, 0.1) is 0 Å². The van der Waals surface area contributed by atoms with Crippen LogP contribution in [0.15, 0.2) is 18.2 Å². The van der Waals surface area contributed by atoms with Crippen LogP contribution in [0.5, 0.6) is 0 Å². The SMILES string of the molecule is O=C(CCCN1C(=O)NC2(CCCC2)C1=O)OCc1ccc(Cl)cc1Cl. The van der Waals surface area contributed by atoms with Gasteiger partial charge in [-0.1, -0.05) is 42.1 Å². The molecule has 8 heteroatoms. The van der Waals surface area contributed by atoms with Gasteiger partial charge >= 0.3 is 12.0 Å². The highest BCUT2D eigenvalue weighted by Crippen LogP contribution is 2.35. The van der Waals surface area contributed by atoms with Crippen LogP contribution in [0.25, 0.3) is 0 Å². The number of halogens is 2. The summed E-state index contributed by atoms with van der Waals surface area (Å²) in [5.74, 6) is -0.569. The molecule has 1 heterocycles. The van der Waals surface area contributed by atoms with Gasteiger partial charge in [0.25, 0.3) is 5.91 Å². The quantitative estimate of drug-likeness (QED) is 0.585. The van der Waals surface area contributed by atoms with E-state index in [1.165, 1.54) is 4.90 Å². The molecule has 1 aliphatic heterocycles. The molecule has 2 fully saturated rings. The van der Waals surface area contributed by atoms with E-state index < -0.39 is 11.5 Å². The molecule has 1 aromatic rings. The lowest BCUT2D eigenvalue weighted by Gasteiger charge is -2.19. The second-order valence-corrected chi connectivity index (χ2v) is 7.52. The van der Waals surface area contributed by atoms with Crippen molar-refractivity contribution in [2.24, 2.45) is 0 Å². The fourth-order valence-corrected chi connectivity index (χ4v) is 3.91. The van der Waals surface area contributed by atoms with E-state index in [1.54, 1.807) is 18.2 Å². The van der Waals surface area contributed by atoms with Gasteiger partial charge in [-0.3, -0.25) is 14.5 Å². The Morgan fingerprint density at radius 1 is 1.23 bits per heavy atom. The summed E-state index contributed by atoms with van der Waals surface area (Å²) in [5, 5.41) is 3.77. The largest absolute Gasteiger partial charge is 0.461 e. The van der Waals surface area contributed by atoms with E-state index in [9.17, 15) is 14.4 Å². The summed E-state index contributed by atoms with van der Waals surface area (Å²) < 4.78 is 5.19. The molecule has 140 valence electrons. The Hall–Kier alpha value is -1.79. The van der Waals surface area contributed by atoms with Crippen LogP contribution >= 0.6 is 23.2 Å². The molecule has 0 bridgehead atoms. The smallest absolute Gasteiger partial charge is 0.325 e. The zero-order chi connectivity index (χ0) is 18.7. The maximum absolute atomic E-state index is 12.5. The number of esters is 1. The Labute approximate surface area is 161 Å². The lowest BCUT2D eigenvalue weighted by atomic mass is 9.98. The minimum atomic E-state index is -0.705. The van der Waals surface area contributed by atoms with Crippen molar-refractivity contribution in [3.63, 3.8) is 0 Å². The van der Waals surface area contributed by atoms with Gasteiger partial charge in [0.1, 0.15) is 12.1 Å². The van der Waals surface area contributed by atoms with Crippen molar-refractivity contribution in [2.75, 3.05) is 6.54 Å². The first-order chi connectivity index (χ1) is 12.4. The van der Waals surface area contributed by atoms with Gasteiger partial charge in [0.2, 0.25) is 0 Å². The third kappa shape index (κ3) is 3.96. The fourth-order valence-electron chi connectivity index (χ4n) is 3.45. The topological polar surface area (TPSA) is 75.7 Å². The fraction of sp³-hybridized carbons (Fsp3) is 0.500. The molecule has 6 nitrogen and oxygen atoms in total. The van der Waals surface area contributed by atoms with E-state index in [0.29, 0.717) is 34.9 Å². The van der Waals surface area contributed by atoms with Crippen LogP contribution in [0.2, 0.25) is 10.0 Å². The van der Waals surface area contributed by atoms with Crippen molar-refractivity contribution in [3.8, 4) is 0 Å². The molecule has 0 aromatic heterocycles. The number of nitrogens with zero attached hydrogens (tertiary/aromatic N) is 1. The number of amides is 3. The van der Waals surface area contributed by atoms with E-state index in [4.69, 9.17) is 27.9 Å². The maximum atomic E-state index is 12.5. The summed E-state index contributed by atoms with van der Waals surface area (Å²) in [5.41, 5.74) is -0.0372. The maximum Gasteiger partial charge on any atom is 0.325 e. The molecule has 3 rings (SSSR count). The van der Waals surface area contributed by atoms with Crippen LogP contribution in [-0.4, -0.2) is 34.9 Å². The van der Waals surface area contributed by atoms with Gasteiger partial charge in [-0.15, -0.1) is 0 Å². The molecular formula is C18H20Cl2N2O4. The first kappa shape index (κ1) is 19.0. The number of nitrogens with one attached hydrogen (secondary N) is 1. The zero-order valence-corrected chi connectivity index (χ0v) is 15.7. The summed E-state index contributed by atoms with van der Waals surface area (Å²) in [7, 11) is 0. The lowest BCUT2D eigenvalue weighted by Crippen LogP contribution is -2.44. The Balaban J connectivity index is 1.44. The molecule has 1 aliphatic carbocycles. The standard InChI is InChI=1S/C18H20Cl2N2O4/c19-13-6-5-12(14(20)10-13)11-26-15(23)4-3-9-22-16(24)18(21-17(22)25)7-1-2-8-18/h5-6,10H,1-4,7-9,11H2,(H,21,25). The van der Waals surface area contributed by atoms with Crippen LogP contribution in [0, 0.1) is 0 Å². The molecule has 2 aliphatic rings. The van der Waals surface area contributed by atoms with Crippen LogP contribution in [-0.2, 0) is 20.9 Å². The van der Waals surface area contributed by atoms with E-state index in [1.807, 2.05) is 0 Å². The number of imide groups is 1. The Kier molecular flexibility index (Phi) is 5.73. The molecule has 1 spiro atoms. The average Bonchev–Trinajstić information content (AvgIpc) is 3.14. The number of carbonyl (C=O) groups excluding carboxylic acids is 3. The Bertz CT molecular complexity index is 732. The Morgan fingerprint density at radius 3 is 2.65 bits per heavy atom. The van der Waals surface area contributed by atoms with E-state index in [-0.39, 0.29) is 31.5 Å². The van der Waals surface area contributed by atoms with Gasteiger partial charge in [0, 0.05) is 28.6 Å². The van der Waals surface area contributed by atoms with Gasteiger partial charge in [-0.2, -0.15) is 0 Å². The summed E-state index contributed by atoms with van der Waals surface area (Å²) in [6.45, 7) is 0.268. The van der Waals surface area contributed by atoms with E-state index >= 15 is 0 Å². The first-order valence-electron chi connectivity index (χ1n) is 8.65. The molecule has 1 saturated carbocycles. The number of benzene rings is 1. The van der Waals surface area contributed by atoms with E-state index in [2.05, 4.69) is 5.32 Å². The molecule has 3 amide bonds. The highest BCUT2D eigenvalue weighted by molar-refractivity contribution is 6.35. The summed E-state index contributed by atoms with van der Waals surface area (Å²) >= 11 is 11.9. The van der Waals surface area contributed by atoms with Gasteiger partial charge in [-0.05, 0) is 31.4 Å². The van der Waals surface area contributed by atoms with Gasteiger partial charge < -0.3 is 10.1 Å².